The summed E-state index contributed by atoms with van der Waals surface area (Å²) < 4.78 is 0. The summed E-state index contributed by atoms with van der Waals surface area (Å²) in [5.41, 5.74) is 5.63. The van der Waals surface area contributed by atoms with Gasteiger partial charge in [-0.25, -0.2) is 0 Å². The van der Waals surface area contributed by atoms with Gasteiger partial charge in [0.1, 0.15) is 0 Å². The van der Waals surface area contributed by atoms with Crippen molar-refractivity contribution in [1.82, 2.24) is 0 Å². The number of carbonyl (C=O) groups is 3. The van der Waals surface area contributed by atoms with Crippen LogP contribution in [0.3, 0.4) is 0 Å². The molecule has 4 radical (unpaired) electrons. The summed E-state index contributed by atoms with van der Waals surface area (Å²) in [5, 5.41) is 0. The van der Waals surface area contributed by atoms with Crippen molar-refractivity contribution in [1.29, 1.82) is 0 Å². The van der Waals surface area contributed by atoms with Crippen LogP contribution in [0.4, 0.5) is 11.4 Å². The molecule has 210 valence electrons. The number of nitrogens with zero attached hydrogens (tertiary/aromatic N) is 2. The molecule has 0 bridgehead atoms. The number of anilines is 2. The Morgan fingerprint density at radius 1 is 0.700 bits per heavy atom. The fourth-order valence-corrected chi connectivity index (χ4v) is 4.37. The number of amides is 1. The van der Waals surface area contributed by atoms with Crippen LogP contribution in [0.25, 0.3) is 0 Å². The van der Waals surface area contributed by atoms with E-state index in [2.05, 4.69) is 39.2 Å². The first-order chi connectivity index (χ1) is 16.7. The summed E-state index contributed by atoms with van der Waals surface area (Å²) in [6, 6.07) is 11.0. The second-order valence-electron chi connectivity index (χ2n) is 9.43. The third-order valence-corrected chi connectivity index (χ3v) is 6.67. The molecule has 0 aromatic heterocycles. The molecule has 1 amide bonds. The molecule has 4 rings (SSSR count). The van der Waals surface area contributed by atoms with Gasteiger partial charge in [0.15, 0.2) is 0 Å². The second kappa shape index (κ2) is 19.7. The number of likely N-dealkylation sites (N-methyl/N-ethyl adjacent to an activating group) is 2. The van der Waals surface area contributed by atoms with Crippen LogP contribution in [-0.2, 0) is 132 Å². The van der Waals surface area contributed by atoms with Crippen molar-refractivity contribution in [2.45, 2.75) is 66.2 Å². The summed E-state index contributed by atoms with van der Waals surface area (Å²) in [6.45, 7) is 26.9. The predicted molar refractivity (Wildman–Crippen MR) is 152 cm³/mol. The number of ketones is 2. The molecule has 2 aliphatic heterocycles. The fraction of sp³-hybridized carbons (Fsp3) is 0.387. The molecular weight excluding hydrogens is 766 g/mol. The van der Waals surface area contributed by atoms with Crippen LogP contribution in [-0.4, -0.2) is 31.6 Å². The number of Topliss-reactive ketones (excluding diaryl/α,β-unsaturated/α-hetero) is 2. The summed E-state index contributed by atoms with van der Waals surface area (Å²) in [7, 11) is 3.75. The molecule has 0 aliphatic carbocycles. The minimum Gasteiger partial charge on any atom is -0.348 e. The van der Waals surface area contributed by atoms with Crippen molar-refractivity contribution in [3.63, 3.8) is 0 Å². The quantitative estimate of drug-likeness (QED) is 0.244. The SMILES string of the molecule is C=C1N(C)c2ccc(C([CH2-])=O)cc2C1(C)C.CC.CC.[CH2-]C(=O)c1ccc2c(c1)C(C)(C)C(=O)N2C.[V].[Y].[Y].[Y]. The first kappa shape index (κ1) is 47.4. The van der Waals surface area contributed by atoms with E-state index in [9.17, 15) is 14.4 Å². The van der Waals surface area contributed by atoms with Gasteiger partial charge in [-0.2, -0.15) is 13.8 Å². The standard InChI is InChI=1S/C14H16NO.C13H14NO2.2C2H6.V.3Y/c1-9(16)11-6-7-13-12(8-11)14(3,4)10(2)15(13)5;1-8(15)9-5-6-11-10(7-9)13(2,3)12(16)14(11)4;2*1-2;;;;/h6-8H,1-2H2,3-5H3;5-7H,1H2,2-4H3;2*1-2H3;;;;/q2*-1;;;;;;. The van der Waals surface area contributed by atoms with Gasteiger partial charge in [0.2, 0.25) is 5.91 Å². The zero-order valence-corrected chi connectivity index (χ0v) is 35.8. The number of allylic oxidation sites excluding steroid dienone is 1. The number of hydrogen-bond donors (Lipinski definition) is 0. The van der Waals surface area contributed by atoms with Crippen molar-refractivity contribution in [2.75, 3.05) is 23.9 Å². The van der Waals surface area contributed by atoms with Crippen LogP contribution in [0.5, 0.6) is 0 Å². The van der Waals surface area contributed by atoms with Gasteiger partial charge in [0, 0.05) is 165 Å². The smallest absolute Gasteiger partial charge is 0.236 e. The second-order valence-corrected chi connectivity index (χ2v) is 9.43. The molecule has 40 heavy (non-hydrogen) atoms. The normalized spacial score (nSPS) is 14.2. The number of carbonyl (C=O) groups excluding carboxylic acids is 3. The van der Waals surface area contributed by atoms with Gasteiger partial charge in [-0.3, -0.25) is 4.79 Å². The van der Waals surface area contributed by atoms with Crippen molar-refractivity contribution in [3.8, 4) is 0 Å². The molecular formula is C31H42N2O3VY3-2. The summed E-state index contributed by atoms with van der Waals surface area (Å²) in [4.78, 5) is 38.2. The molecule has 0 unspecified atom stereocenters. The first-order valence-electron chi connectivity index (χ1n) is 12.4. The van der Waals surface area contributed by atoms with Crippen LogP contribution in [0.1, 0.15) is 87.2 Å². The van der Waals surface area contributed by atoms with E-state index in [1.165, 1.54) is 0 Å². The summed E-state index contributed by atoms with van der Waals surface area (Å²) in [6.07, 6.45) is 0. The Morgan fingerprint density at radius 3 is 1.38 bits per heavy atom. The molecule has 0 saturated carbocycles. The van der Waals surface area contributed by atoms with E-state index in [4.69, 9.17) is 0 Å². The molecule has 0 atom stereocenters. The topological polar surface area (TPSA) is 57.7 Å². The maximum absolute atomic E-state index is 12.0. The minimum atomic E-state index is -0.560. The minimum absolute atomic E-state index is 0. The van der Waals surface area contributed by atoms with E-state index in [-0.39, 0.29) is 140 Å². The van der Waals surface area contributed by atoms with Crippen molar-refractivity contribution in [3.05, 3.63) is 84.8 Å². The van der Waals surface area contributed by atoms with E-state index in [0.29, 0.717) is 11.1 Å². The Hall–Kier alpha value is 0.426. The van der Waals surface area contributed by atoms with Crippen LogP contribution in [0.2, 0.25) is 0 Å². The molecule has 0 spiro atoms. The maximum atomic E-state index is 12.0. The van der Waals surface area contributed by atoms with E-state index < -0.39 is 5.41 Å². The molecule has 2 heterocycles. The monoisotopic (exact) mass is 808 g/mol. The van der Waals surface area contributed by atoms with Gasteiger partial charge in [-0.05, 0) is 25.0 Å². The van der Waals surface area contributed by atoms with Crippen molar-refractivity contribution < 1.29 is 131 Å². The molecule has 5 nitrogen and oxygen atoms in total. The van der Waals surface area contributed by atoms with E-state index >= 15 is 0 Å². The van der Waals surface area contributed by atoms with Crippen molar-refractivity contribution >= 4 is 28.8 Å². The molecule has 2 aromatic carbocycles. The third kappa shape index (κ3) is 9.72. The molecule has 0 fully saturated rings. The van der Waals surface area contributed by atoms with E-state index in [1.807, 2.05) is 66.8 Å². The van der Waals surface area contributed by atoms with Gasteiger partial charge in [-0.1, -0.05) is 60.3 Å². The van der Waals surface area contributed by atoms with Crippen LogP contribution < -0.4 is 9.80 Å². The van der Waals surface area contributed by atoms with Gasteiger partial charge < -0.3 is 19.4 Å². The predicted octanol–water partition coefficient (Wildman–Crippen LogP) is 6.94. The summed E-state index contributed by atoms with van der Waals surface area (Å²) >= 11 is 0. The molecule has 2 aliphatic rings. The number of fused-ring (bicyclic) bond motifs is 2. The zero-order valence-electron chi connectivity index (χ0n) is 25.9. The Labute approximate surface area is 330 Å². The molecule has 2 aromatic rings. The maximum Gasteiger partial charge on any atom is 0.236 e. The van der Waals surface area contributed by atoms with Crippen molar-refractivity contribution in [2.24, 2.45) is 0 Å². The average Bonchev–Trinajstić information content (AvgIpc) is 3.15. The Bertz CT molecular complexity index is 1090. The van der Waals surface area contributed by atoms with Crippen LogP contribution in [0, 0.1) is 13.8 Å². The Morgan fingerprint density at radius 2 is 1.02 bits per heavy atom. The number of rotatable bonds is 2. The van der Waals surface area contributed by atoms with Gasteiger partial charge in [0.05, 0.1) is 5.41 Å². The van der Waals surface area contributed by atoms with Crippen LogP contribution in [0.15, 0.2) is 48.7 Å². The number of hydrogen-bond acceptors (Lipinski definition) is 4. The van der Waals surface area contributed by atoms with E-state index in [1.54, 1.807) is 30.1 Å². The summed E-state index contributed by atoms with van der Waals surface area (Å²) in [5.74, 6) is -0.310. The van der Waals surface area contributed by atoms with Gasteiger partial charge >= 0.3 is 0 Å². The average molecular weight is 808 g/mol. The Balaban J connectivity index is -0.000000264. The Kier molecular flexibility index (Phi) is 23.3. The molecule has 9 heteroatoms. The van der Waals surface area contributed by atoms with Gasteiger partial charge in [0.25, 0.3) is 0 Å². The molecule has 0 N–H and O–H groups in total. The fourth-order valence-electron chi connectivity index (χ4n) is 4.37. The molecule has 0 saturated heterocycles. The van der Waals surface area contributed by atoms with Gasteiger partial charge in [-0.15, -0.1) is 35.4 Å². The number of benzene rings is 2. The largest absolute Gasteiger partial charge is 0.348 e. The third-order valence-electron chi connectivity index (χ3n) is 6.67. The zero-order chi connectivity index (χ0) is 28.2. The van der Waals surface area contributed by atoms with E-state index in [0.717, 1.165) is 28.2 Å². The first-order valence-corrected chi connectivity index (χ1v) is 12.4. The van der Waals surface area contributed by atoms with Crippen LogP contribution >= 0.6 is 0 Å².